The van der Waals surface area contributed by atoms with Gasteiger partial charge < -0.3 is 10.6 Å². The van der Waals surface area contributed by atoms with E-state index in [0.717, 1.165) is 41.8 Å². The van der Waals surface area contributed by atoms with Gasteiger partial charge in [-0.1, -0.05) is 18.2 Å². The molecular weight excluding hydrogens is 262 g/mol. The third-order valence-corrected chi connectivity index (χ3v) is 3.87. The maximum absolute atomic E-state index is 12.7. The molecule has 0 bridgehead atoms. The molecule has 4 heteroatoms. The van der Waals surface area contributed by atoms with Crippen LogP contribution in [0.15, 0.2) is 42.6 Å². The van der Waals surface area contributed by atoms with Gasteiger partial charge in [0.1, 0.15) is 0 Å². The average Bonchev–Trinajstić information content (AvgIpc) is 2.68. The van der Waals surface area contributed by atoms with Crippen LogP contribution in [0.2, 0.25) is 0 Å². The van der Waals surface area contributed by atoms with Crippen LogP contribution < -0.4 is 5.73 Å². The summed E-state index contributed by atoms with van der Waals surface area (Å²) in [6.07, 6.45) is 3.72. The molecule has 0 saturated carbocycles. The Morgan fingerprint density at radius 1 is 1.24 bits per heavy atom. The first-order chi connectivity index (χ1) is 10.3. The molecule has 1 aromatic carbocycles. The Balaban J connectivity index is 1.84. The Kier molecular flexibility index (Phi) is 3.97. The minimum absolute atomic E-state index is 0.120. The van der Waals surface area contributed by atoms with Crippen molar-refractivity contribution < 1.29 is 4.79 Å². The van der Waals surface area contributed by atoms with E-state index < -0.39 is 0 Å². The lowest BCUT2D eigenvalue weighted by Gasteiger charge is -2.21. The third-order valence-electron chi connectivity index (χ3n) is 3.87. The van der Waals surface area contributed by atoms with E-state index in [1.165, 1.54) is 0 Å². The molecular formula is C17H19N3O. The second kappa shape index (κ2) is 6.06. The molecule has 1 aromatic heterocycles. The Morgan fingerprint density at radius 3 is 2.95 bits per heavy atom. The quantitative estimate of drug-likeness (QED) is 0.937. The maximum Gasteiger partial charge on any atom is 0.254 e. The van der Waals surface area contributed by atoms with Crippen LogP contribution in [0.4, 0.5) is 0 Å². The number of carbonyl (C=O) groups is 1. The van der Waals surface area contributed by atoms with E-state index in [1.54, 1.807) is 6.20 Å². The van der Waals surface area contributed by atoms with Crippen LogP contribution in [0.3, 0.4) is 0 Å². The predicted molar refractivity (Wildman–Crippen MR) is 81.6 cm³/mol. The second-order valence-corrected chi connectivity index (χ2v) is 5.35. The molecule has 1 amide bonds. The monoisotopic (exact) mass is 281 g/mol. The summed E-state index contributed by atoms with van der Waals surface area (Å²) in [6, 6.07) is 11.8. The van der Waals surface area contributed by atoms with Crippen molar-refractivity contribution in [3.8, 4) is 0 Å². The summed E-state index contributed by atoms with van der Waals surface area (Å²) in [4.78, 5) is 18.8. The molecule has 0 atom stereocenters. The number of hydrogen-bond acceptors (Lipinski definition) is 3. The molecule has 1 aliphatic rings. The predicted octanol–water partition coefficient (Wildman–Crippen LogP) is 2.13. The summed E-state index contributed by atoms with van der Waals surface area (Å²) >= 11 is 0. The summed E-state index contributed by atoms with van der Waals surface area (Å²) in [6.45, 7) is 1.82. The summed E-state index contributed by atoms with van der Waals surface area (Å²) in [7, 11) is 0. The van der Waals surface area contributed by atoms with E-state index in [1.807, 2.05) is 35.2 Å². The molecule has 21 heavy (non-hydrogen) atoms. The highest BCUT2D eigenvalue weighted by Gasteiger charge is 2.21. The molecule has 0 radical (unpaired) electrons. The minimum Gasteiger partial charge on any atom is -0.334 e. The number of aromatic nitrogens is 1. The van der Waals surface area contributed by atoms with Gasteiger partial charge in [-0.15, -0.1) is 0 Å². The van der Waals surface area contributed by atoms with Gasteiger partial charge in [0.15, 0.2) is 0 Å². The molecule has 2 aromatic rings. The smallest absolute Gasteiger partial charge is 0.254 e. The number of rotatable bonds is 3. The van der Waals surface area contributed by atoms with Gasteiger partial charge in [0.25, 0.3) is 5.91 Å². The standard InChI is InChI=1S/C17H19N3O/c18-11-15-10-13(7-8-19-15)12-20-9-3-5-14-4-1-2-6-16(14)17(20)21/h1-2,4,6-8,10H,3,5,9,11-12,18H2. The Morgan fingerprint density at radius 2 is 2.10 bits per heavy atom. The topological polar surface area (TPSA) is 59.2 Å². The highest BCUT2D eigenvalue weighted by atomic mass is 16.2. The van der Waals surface area contributed by atoms with Gasteiger partial charge in [-0.05, 0) is 42.2 Å². The van der Waals surface area contributed by atoms with Crippen LogP contribution in [0, 0.1) is 0 Å². The van der Waals surface area contributed by atoms with Crippen LogP contribution in [-0.2, 0) is 19.5 Å². The van der Waals surface area contributed by atoms with E-state index >= 15 is 0 Å². The van der Waals surface area contributed by atoms with Gasteiger partial charge >= 0.3 is 0 Å². The molecule has 0 aliphatic carbocycles. The number of nitrogens with two attached hydrogens (primary N) is 1. The summed E-state index contributed by atoms with van der Waals surface area (Å²) in [5, 5.41) is 0. The molecule has 0 fully saturated rings. The Hall–Kier alpha value is -2.20. The molecule has 108 valence electrons. The van der Waals surface area contributed by atoms with Crippen LogP contribution in [0.5, 0.6) is 0 Å². The highest BCUT2D eigenvalue weighted by molar-refractivity contribution is 5.96. The highest BCUT2D eigenvalue weighted by Crippen LogP contribution is 2.20. The molecule has 0 spiro atoms. The number of amides is 1. The van der Waals surface area contributed by atoms with Crippen molar-refractivity contribution >= 4 is 5.91 Å². The Bertz CT molecular complexity index is 654. The molecule has 3 rings (SSSR count). The number of carbonyl (C=O) groups excluding carboxylic acids is 1. The summed E-state index contributed by atoms with van der Waals surface area (Å²) in [5.41, 5.74) is 9.55. The number of hydrogen-bond donors (Lipinski definition) is 1. The number of aryl methyl sites for hydroxylation is 1. The van der Waals surface area contributed by atoms with Crippen molar-refractivity contribution in [2.75, 3.05) is 6.54 Å². The maximum atomic E-state index is 12.7. The zero-order chi connectivity index (χ0) is 14.7. The van der Waals surface area contributed by atoms with Gasteiger partial charge in [-0.3, -0.25) is 9.78 Å². The minimum atomic E-state index is 0.120. The molecule has 2 heterocycles. The number of nitrogens with zero attached hydrogens (tertiary/aromatic N) is 2. The van der Waals surface area contributed by atoms with Crippen LogP contribution in [-0.4, -0.2) is 22.3 Å². The van der Waals surface area contributed by atoms with E-state index in [0.29, 0.717) is 13.1 Å². The number of fused-ring (bicyclic) bond motifs is 1. The van der Waals surface area contributed by atoms with Crippen LogP contribution in [0.1, 0.15) is 33.6 Å². The zero-order valence-electron chi connectivity index (χ0n) is 12.0. The number of pyridine rings is 1. The van der Waals surface area contributed by atoms with E-state index in [4.69, 9.17) is 5.73 Å². The second-order valence-electron chi connectivity index (χ2n) is 5.35. The molecule has 0 saturated heterocycles. The van der Waals surface area contributed by atoms with Crippen LogP contribution >= 0.6 is 0 Å². The van der Waals surface area contributed by atoms with Gasteiger partial charge in [0.05, 0.1) is 5.69 Å². The van der Waals surface area contributed by atoms with Crippen molar-refractivity contribution in [1.29, 1.82) is 0 Å². The fraction of sp³-hybridized carbons (Fsp3) is 0.294. The normalized spacial score (nSPS) is 14.7. The van der Waals surface area contributed by atoms with Crippen molar-refractivity contribution in [3.63, 3.8) is 0 Å². The Labute approximate surface area is 124 Å². The van der Waals surface area contributed by atoms with E-state index in [9.17, 15) is 4.79 Å². The molecule has 4 nitrogen and oxygen atoms in total. The first kappa shape index (κ1) is 13.8. The lowest BCUT2D eigenvalue weighted by Crippen LogP contribution is -2.30. The fourth-order valence-electron chi connectivity index (χ4n) is 2.79. The van der Waals surface area contributed by atoms with Crippen molar-refractivity contribution in [2.24, 2.45) is 5.73 Å². The lowest BCUT2D eigenvalue weighted by molar-refractivity contribution is 0.0748. The van der Waals surface area contributed by atoms with Gasteiger partial charge in [-0.25, -0.2) is 0 Å². The molecule has 0 unspecified atom stereocenters. The third kappa shape index (κ3) is 2.95. The summed E-state index contributed by atoms with van der Waals surface area (Å²) in [5.74, 6) is 0.120. The van der Waals surface area contributed by atoms with Crippen molar-refractivity contribution in [2.45, 2.75) is 25.9 Å². The van der Waals surface area contributed by atoms with Crippen LogP contribution in [0.25, 0.3) is 0 Å². The zero-order valence-corrected chi connectivity index (χ0v) is 12.0. The summed E-state index contributed by atoms with van der Waals surface area (Å²) < 4.78 is 0. The van der Waals surface area contributed by atoms with Crippen molar-refractivity contribution in [1.82, 2.24) is 9.88 Å². The van der Waals surface area contributed by atoms with Gasteiger partial charge in [0.2, 0.25) is 0 Å². The molecule has 2 N–H and O–H groups in total. The van der Waals surface area contributed by atoms with E-state index in [-0.39, 0.29) is 5.91 Å². The van der Waals surface area contributed by atoms with Gasteiger partial charge in [-0.2, -0.15) is 0 Å². The van der Waals surface area contributed by atoms with Crippen molar-refractivity contribution in [3.05, 3.63) is 65.0 Å². The fourth-order valence-corrected chi connectivity index (χ4v) is 2.79. The first-order valence-corrected chi connectivity index (χ1v) is 7.29. The van der Waals surface area contributed by atoms with E-state index in [2.05, 4.69) is 11.1 Å². The SMILES string of the molecule is NCc1cc(CN2CCCc3ccccc3C2=O)ccn1. The number of benzene rings is 1. The average molecular weight is 281 g/mol. The molecule has 1 aliphatic heterocycles. The largest absolute Gasteiger partial charge is 0.334 e. The lowest BCUT2D eigenvalue weighted by atomic mass is 10.0. The first-order valence-electron chi connectivity index (χ1n) is 7.29. The van der Waals surface area contributed by atoms with Gasteiger partial charge in [0, 0.05) is 31.4 Å².